The number of hydrogen-bond donors (Lipinski definition) is 4. The summed E-state index contributed by atoms with van der Waals surface area (Å²) in [7, 11) is 1.41. The van der Waals surface area contributed by atoms with E-state index < -0.39 is 34.3 Å². The van der Waals surface area contributed by atoms with Crippen LogP contribution >= 0.6 is 0 Å². The van der Waals surface area contributed by atoms with Gasteiger partial charge in [0.1, 0.15) is 5.82 Å². The van der Waals surface area contributed by atoms with Crippen LogP contribution in [0.1, 0.15) is 27.0 Å². The molecule has 0 aliphatic carbocycles. The molecule has 0 saturated heterocycles. The Morgan fingerprint density at radius 2 is 1.97 bits per heavy atom. The molecular formula is C21H22F2N6O3S. The van der Waals surface area contributed by atoms with Crippen molar-refractivity contribution in [1.29, 1.82) is 0 Å². The van der Waals surface area contributed by atoms with Crippen molar-refractivity contribution >= 4 is 34.3 Å². The van der Waals surface area contributed by atoms with Crippen molar-refractivity contribution in [1.82, 2.24) is 14.3 Å². The fourth-order valence-electron chi connectivity index (χ4n) is 3.12. The maximum atomic E-state index is 14.8. The molecule has 0 aliphatic rings. The van der Waals surface area contributed by atoms with Gasteiger partial charge in [-0.15, -0.1) is 0 Å². The van der Waals surface area contributed by atoms with E-state index in [2.05, 4.69) is 19.7 Å². The number of amides is 1. The van der Waals surface area contributed by atoms with Gasteiger partial charge >= 0.3 is 0 Å². The molecule has 2 aromatic heterocycles. The standard InChI is InChI=1S/C21H22F2N6O3S/c1-11-4-5-16(15(22)8-11)27-18-12(2)21(31)29(10-14(18)19(24)30)9-13-6-7-26-20(17(13)23)28-33(32)25-3/h4-8,10,25,27H,9H2,1-3H3,(H2,24,30)(H,26,28). The first-order valence-corrected chi connectivity index (χ1v) is 10.8. The van der Waals surface area contributed by atoms with Gasteiger partial charge in [-0.05, 0) is 44.7 Å². The lowest BCUT2D eigenvalue weighted by Gasteiger charge is -2.17. The molecule has 0 saturated carbocycles. The zero-order chi connectivity index (χ0) is 24.3. The van der Waals surface area contributed by atoms with Gasteiger partial charge in [-0.3, -0.25) is 14.3 Å². The van der Waals surface area contributed by atoms with Crippen molar-refractivity contribution in [2.45, 2.75) is 20.4 Å². The minimum absolute atomic E-state index is 0.0582. The zero-order valence-corrected chi connectivity index (χ0v) is 18.8. The monoisotopic (exact) mass is 476 g/mol. The Kier molecular flexibility index (Phi) is 7.19. The number of aryl methyl sites for hydroxylation is 1. The van der Waals surface area contributed by atoms with E-state index in [-0.39, 0.29) is 40.4 Å². The lowest BCUT2D eigenvalue weighted by molar-refractivity contribution is 0.1000. The third-order valence-electron chi connectivity index (χ3n) is 4.85. The molecule has 174 valence electrons. The molecule has 1 unspecified atom stereocenters. The Morgan fingerprint density at radius 1 is 1.24 bits per heavy atom. The van der Waals surface area contributed by atoms with Crippen molar-refractivity contribution in [3.63, 3.8) is 0 Å². The number of aromatic nitrogens is 2. The molecule has 12 heteroatoms. The van der Waals surface area contributed by atoms with Crippen molar-refractivity contribution < 1.29 is 17.8 Å². The minimum Gasteiger partial charge on any atom is -0.365 e. The summed E-state index contributed by atoms with van der Waals surface area (Å²) in [5.74, 6) is -2.50. The lowest BCUT2D eigenvalue weighted by atomic mass is 10.1. The van der Waals surface area contributed by atoms with E-state index >= 15 is 0 Å². The maximum Gasteiger partial charge on any atom is 0.255 e. The van der Waals surface area contributed by atoms with Crippen LogP contribution in [0, 0.1) is 25.5 Å². The van der Waals surface area contributed by atoms with E-state index in [4.69, 9.17) is 5.73 Å². The van der Waals surface area contributed by atoms with E-state index in [1.165, 1.54) is 44.6 Å². The molecule has 9 nitrogen and oxygen atoms in total. The predicted octanol–water partition coefficient (Wildman–Crippen LogP) is 2.24. The van der Waals surface area contributed by atoms with Crippen LogP contribution in [0.15, 0.2) is 41.5 Å². The molecule has 3 aromatic rings. The smallest absolute Gasteiger partial charge is 0.255 e. The highest BCUT2D eigenvalue weighted by molar-refractivity contribution is 7.84. The van der Waals surface area contributed by atoms with Crippen LogP contribution in [0.4, 0.5) is 26.0 Å². The highest BCUT2D eigenvalue weighted by Gasteiger charge is 2.19. The normalized spacial score (nSPS) is 11.8. The molecule has 0 aliphatic heterocycles. The number of nitrogens with one attached hydrogen (secondary N) is 3. The van der Waals surface area contributed by atoms with Gasteiger partial charge in [0.2, 0.25) is 0 Å². The molecule has 3 rings (SSSR count). The molecule has 0 fully saturated rings. The number of nitrogens with two attached hydrogens (primary N) is 1. The van der Waals surface area contributed by atoms with E-state index in [1.54, 1.807) is 13.0 Å². The number of carbonyl (C=O) groups excluding carboxylic acids is 1. The second-order valence-electron chi connectivity index (χ2n) is 7.16. The summed E-state index contributed by atoms with van der Waals surface area (Å²) in [6.45, 7) is 2.92. The van der Waals surface area contributed by atoms with E-state index in [0.29, 0.717) is 5.56 Å². The molecule has 5 N–H and O–H groups in total. The number of primary amides is 1. The zero-order valence-electron chi connectivity index (χ0n) is 18.0. The predicted molar refractivity (Wildman–Crippen MR) is 122 cm³/mol. The second kappa shape index (κ2) is 9.88. The third kappa shape index (κ3) is 5.23. The van der Waals surface area contributed by atoms with Gasteiger partial charge in [-0.25, -0.2) is 22.7 Å². The summed E-state index contributed by atoms with van der Waals surface area (Å²) < 4.78 is 46.6. The summed E-state index contributed by atoms with van der Waals surface area (Å²) in [6.07, 6.45) is 2.47. The van der Waals surface area contributed by atoms with Crippen molar-refractivity contribution in [3.8, 4) is 0 Å². The molecule has 2 heterocycles. The highest BCUT2D eigenvalue weighted by Crippen LogP contribution is 2.26. The van der Waals surface area contributed by atoms with Crippen LogP contribution < -0.4 is 26.1 Å². The van der Waals surface area contributed by atoms with Crippen LogP contribution in [0.3, 0.4) is 0 Å². The molecule has 1 aromatic carbocycles. The van der Waals surface area contributed by atoms with Crippen molar-refractivity contribution in [2.24, 2.45) is 5.73 Å². The molecular weight excluding hydrogens is 454 g/mol. The van der Waals surface area contributed by atoms with Crippen LogP contribution in [-0.2, 0) is 17.7 Å². The van der Waals surface area contributed by atoms with E-state index in [1.807, 2.05) is 0 Å². The molecule has 0 radical (unpaired) electrons. The first kappa shape index (κ1) is 24.0. The Bertz CT molecular complexity index is 1310. The first-order chi connectivity index (χ1) is 15.6. The Labute approximate surface area is 190 Å². The summed E-state index contributed by atoms with van der Waals surface area (Å²) in [6, 6.07) is 5.81. The van der Waals surface area contributed by atoms with Crippen LogP contribution in [0.5, 0.6) is 0 Å². The van der Waals surface area contributed by atoms with Crippen LogP contribution in [-0.4, -0.2) is 26.7 Å². The second-order valence-corrected chi connectivity index (χ2v) is 8.31. The third-order valence-corrected chi connectivity index (χ3v) is 5.59. The van der Waals surface area contributed by atoms with Gasteiger partial charge in [-0.2, -0.15) is 0 Å². The molecule has 0 spiro atoms. The minimum atomic E-state index is -1.76. The van der Waals surface area contributed by atoms with Gasteiger partial charge in [-0.1, -0.05) is 6.07 Å². The summed E-state index contributed by atoms with van der Waals surface area (Å²) in [4.78, 5) is 28.9. The summed E-state index contributed by atoms with van der Waals surface area (Å²) in [5, 5.41) is 2.77. The molecule has 0 bridgehead atoms. The van der Waals surface area contributed by atoms with Gasteiger partial charge in [0.15, 0.2) is 22.8 Å². The van der Waals surface area contributed by atoms with Crippen molar-refractivity contribution in [2.75, 3.05) is 17.1 Å². The topological polar surface area (TPSA) is 131 Å². The van der Waals surface area contributed by atoms with E-state index in [9.17, 15) is 22.6 Å². The fourth-order valence-corrected chi connectivity index (χ4v) is 3.54. The maximum absolute atomic E-state index is 14.8. The SMILES string of the molecule is CNS(=O)Nc1nccc(Cn2cc(C(N)=O)c(Nc3ccc(C)cc3F)c(C)c2=O)c1F. The van der Waals surface area contributed by atoms with Gasteiger partial charge in [0.25, 0.3) is 11.5 Å². The van der Waals surface area contributed by atoms with Crippen LogP contribution in [0.25, 0.3) is 0 Å². The average molecular weight is 477 g/mol. The summed E-state index contributed by atoms with van der Waals surface area (Å²) >= 11 is -1.76. The molecule has 1 atom stereocenters. The summed E-state index contributed by atoms with van der Waals surface area (Å²) in [5.41, 5.74) is 5.88. The average Bonchev–Trinajstić information content (AvgIpc) is 2.77. The van der Waals surface area contributed by atoms with Crippen molar-refractivity contribution in [3.05, 3.63) is 80.9 Å². The quantitative estimate of drug-likeness (QED) is 0.396. The number of rotatable bonds is 8. The Morgan fingerprint density at radius 3 is 2.61 bits per heavy atom. The number of pyridine rings is 2. The fraction of sp³-hybridized carbons (Fsp3) is 0.190. The lowest BCUT2D eigenvalue weighted by Crippen LogP contribution is -2.28. The number of hydrogen-bond acceptors (Lipinski definition) is 5. The first-order valence-electron chi connectivity index (χ1n) is 9.68. The van der Waals surface area contributed by atoms with E-state index in [0.717, 1.165) is 4.57 Å². The number of carbonyl (C=O) groups is 1. The number of benzene rings is 1. The number of halogens is 2. The number of nitrogens with zero attached hydrogens (tertiary/aromatic N) is 2. The van der Waals surface area contributed by atoms with Crippen LogP contribution in [0.2, 0.25) is 0 Å². The largest absolute Gasteiger partial charge is 0.365 e. The van der Waals surface area contributed by atoms with Gasteiger partial charge in [0.05, 0.1) is 23.5 Å². The molecule has 1 amide bonds. The number of anilines is 3. The van der Waals surface area contributed by atoms with Gasteiger partial charge < -0.3 is 15.6 Å². The Balaban J connectivity index is 2.04. The molecule has 33 heavy (non-hydrogen) atoms. The van der Waals surface area contributed by atoms with Gasteiger partial charge in [0, 0.05) is 23.5 Å². The highest BCUT2D eigenvalue weighted by atomic mass is 32.2. The Hall–Kier alpha value is -3.64.